The zero-order chi connectivity index (χ0) is 29.7. The molecule has 42 heavy (non-hydrogen) atoms. The van der Waals surface area contributed by atoms with Crippen LogP contribution in [0.4, 0.5) is 35.0 Å². The minimum absolute atomic E-state index is 0.0298. The lowest BCUT2D eigenvalue weighted by molar-refractivity contribution is -0.137. The molecule has 0 amide bonds. The SMILES string of the molecule is Cc1cc(N)cc(-c2nc3c4c(nc(N5CC(C)(N(C)C)C5)nc4c2F)N2C[C@H]4CC[C@H](N4)[C@H]2CCO3)c1C(F)(F)F. The van der Waals surface area contributed by atoms with Crippen LogP contribution < -0.4 is 25.6 Å². The summed E-state index contributed by atoms with van der Waals surface area (Å²) in [4.78, 5) is 20.4. The van der Waals surface area contributed by atoms with Crippen LogP contribution in [0, 0.1) is 12.7 Å². The minimum Gasteiger partial charge on any atom is -0.477 e. The Morgan fingerprint density at radius 3 is 2.60 bits per heavy atom. The fourth-order valence-corrected chi connectivity index (χ4v) is 7.09. The number of piperazine rings is 1. The number of ether oxygens (including phenoxy) is 1. The first-order chi connectivity index (χ1) is 19.8. The molecule has 224 valence electrons. The van der Waals surface area contributed by atoms with E-state index in [0.29, 0.717) is 37.8 Å². The van der Waals surface area contributed by atoms with Crippen molar-refractivity contribution in [3.8, 4) is 17.1 Å². The molecular formula is C29H34F4N8O. The first kappa shape index (κ1) is 27.4. The summed E-state index contributed by atoms with van der Waals surface area (Å²) in [5, 5.41) is 3.97. The van der Waals surface area contributed by atoms with Gasteiger partial charge in [-0.25, -0.2) is 14.4 Å². The number of likely N-dealkylation sites (N-methyl/N-ethyl adjacent to an activating group) is 1. The number of benzene rings is 1. The average Bonchev–Trinajstić information content (AvgIpc) is 3.28. The second-order valence-electron chi connectivity index (χ2n) is 12.6. The Morgan fingerprint density at radius 2 is 1.88 bits per heavy atom. The normalized spacial score (nSPS) is 24.7. The van der Waals surface area contributed by atoms with Crippen molar-refractivity contribution in [1.82, 2.24) is 25.2 Å². The summed E-state index contributed by atoms with van der Waals surface area (Å²) in [6.45, 7) is 5.63. The monoisotopic (exact) mass is 586 g/mol. The molecule has 7 rings (SSSR count). The van der Waals surface area contributed by atoms with Gasteiger partial charge in [0, 0.05) is 55.4 Å². The molecule has 13 heteroatoms. The lowest BCUT2D eigenvalue weighted by Gasteiger charge is -2.52. The van der Waals surface area contributed by atoms with E-state index in [9.17, 15) is 13.2 Å². The highest BCUT2D eigenvalue weighted by Gasteiger charge is 2.46. The third-order valence-corrected chi connectivity index (χ3v) is 9.53. The highest BCUT2D eigenvalue weighted by atomic mass is 19.4. The number of pyridine rings is 1. The van der Waals surface area contributed by atoms with Gasteiger partial charge in [0.25, 0.3) is 0 Å². The van der Waals surface area contributed by atoms with Gasteiger partial charge in [-0.2, -0.15) is 18.2 Å². The second-order valence-corrected chi connectivity index (χ2v) is 12.6. The molecule has 9 nitrogen and oxygen atoms in total. The topological polar surface area (TPSA) is 95.7 Å². The maximum absolute atomic E-state index is 16.7. The highest BCUT2D eigenvalue weighted by molar-refractivity contribution is 5.98. The summed E-state index contributed by atoms with van der Waals surface area (Å²) < 4.78 is 65.7. The summed E-state index contributed by atoms with van der Waals surface area (Å²) in [7, 11) is 4.01. The molecule has 2 aromatic heterocycles. The Bertz CT molecular complexity index is 1590. The number of fused-ring (bicyclic) bond motifs is 5. The molecule has 3 saturated heterocycles. The molecule has 6 heterocycles. The van der Waals surface area contributed by atoms with E-state index in [1.54, 1.807) is 0 Å². The molecule has 0 radical (unpaired) electrons. The van der Waals surface area contributed by atoms with Crippen LogP contribution in [0.1, 0.15) is 37.3 Å². The first-order valence-electron chi connectivity index (χ1n) is 14.3. The van der Waals surface area contributed by atoms with Gasteiger partial charge in [0.05, 0.1) is 17.7 Å². The van der Waals surface area contributed by atoms with Crippen LogP contribution in [0.25, 0.3) is 22.2 Å². The van der Waals surface area contributed by atoms with Gasteiger partial charge in [-0.3, -0.25) is 0 Å². The quantitative estimate of drug-likeness (QED) is 0.349. The van der Waals surface area contributed by atoms with Gasteiger partial charge in [-0.1, -0.05) is 0 Å². The molecule has 3 fully saturated rings. The third kappa shape index (κ3) is 4.15. The van der Waals surface area contributed by atoms with Gasteiger partial charge in [-0.15, -0.1) is 0 Å². The van der Waals surface area contributed by atoms with Gasteiger partial charge in [0.1, 0.15) is 22.4 Å². The number of nitrogen functional groups attached to an aromatic ring is 1. The van der Waals surface area contributed by atoms with E-state index in [0.717, 1.165) is 18.9 Å². The van der Waals surface area contributed by atoms with Crippen molar-refractivity contribution in [1.29, 1.82) is 0 Å². The minimum atomic E-state index is -4.76. The lowest BCUT2D eigenvalue weighted by Crippen LogP contribution is -2.67. The smallest absolute Gasteiger partial charge is 0.417 e. The summed E-state index contributed by atoms with van der Waals surface area (Å²) in [5.41, 5.74) is 3.79. The van der Waals surface area contributed by atoms with Crippen molar-refractivity contribution in [2.75, 3.05) is 55.9 Å². The zero-order valence-corrected chi connectivity index (χ0v) is 24.0. The van der Waals surface area contributed by atoms with E-state index in [1.165, 1.54) is 13.0 Å². The molecule has 4 aliphatic rings. The Labute approximate surface area is 241 Å². The summed E-state index contributed by atoms with van der Waals surface area (Å²) in [5.74, 6) is -0.0702. The lowest BCUT2D eigenvalue weighted by atomic mass is 9.91. The summed E-state index contributed by atoms with van der Waals surface area (Å²) >= 11 is 0. The maximum atomic E-state index is 16.7. The van der Waals surface area contributed by atoms with Crippen LogP contribution >= 0.6 is 0 Å². The van der Waals surface area contributed by atoms with Crippen molar-refractivity contribution in [2.24, 2.45) is 0 Å². The van der Waals surface area contributed by atoms with Crippen LogP contribution in [0.2, 0.25) is 0 Å². The molecule has 0 aliphatic carbocycles. The Morgan fingerprint density at radius 1 is 1.12 bits per heavy atom. The Kier molecular flexibility index (Phi) is 6.05. The van der Waals surface area contributed by atoms with Gasteiger partial charge in [-0.05, 0) is 58.5 Å². The molecule has 2 bridgehead atoms. The molecular weight excluding hydrogens is 552 g/mol. The molecule has 0 saturated carbocycles. The zero-order valence-electron chi connectivity index (χ0n) is 24.0. The number of halogens is 4. The molecule has 0 spiro atoms. The van der Waals surface area contributed by atoms with Crippen LogP contribution in [0.3, 0.4) is 0 Å². The molecule has 3 N–H and O–H groups in total. The largest absolute Gasteiger partial charge is 0.477 e. The number of aryl methyl sites for hydroxylation is 1. The Hall–Kier alpha value is -3.45. The van der Waals surface area contributed by atoms with E-state index >= 15 is 4.39 Å². The van der Waals surface area contributed by atoms with Crippen molar-refractivity contribution in [2.45, 2.75) is 63.0 Å². The summed E-state index contributed by atoms with van der Waals surface area (Å²) in [6, 6.07) is 2.93. The third-order valence-electron chi connectivity index (χ3n) is 9.53. The van der Waals surface area contributed by atoms with Crippen molar-refractivity contribution >= 4 is 28.4 Å². The second kappa shape index (κ2) is 9.27. The molecule has 4 aliphatic heterocycles. The van der Waals surface area contributed by atoms with E-state index < -0.39 is 28.8 Å². The van der Waals surface area contributed by atoms with Crippen LogP contribution in [-0.2, 0) is 6.18 Å². The van der Waals surface area contributed by atoms with E-state index in [4.69, 9.17) is 15.5 Å². The number of hydrogen-bond donors (Lipinski definition) is 2. The predicted octanol–water partition coefficient (Wildman–Crippen LogP) is 3.97. The van der Waals surface area contributed by atoms with Crippen molar-refractivity contribution < 1.29 is 22.3 Å². The molecule has 3 atom stereocenters. The number of nitrogens with one attached hydrogen (secondary N) is 1. The van der Waals surface area contributed by atoms with Crippen molar-refractivity contribution in [3.05, 3.63) is 29.1 Å². The van der Waals surface area contributed by atoms with Gasteiger partial charge < -0.3 is 30.5 Å². The molecule has 1 aromatic carbocycles. The van der Waals surface area contributed by atoms with Crippen LogP contribution in [-0.4, -0.2) is 83.9 Å². The summed E-state index contributed by atoms with van der Waals surface area (Å²) in [6.07, 6.45) is -2.05. The fraction of sp³-hybridized carbons (Fsp3) is 0.552. The van der Waals surface area contributed by atoms with E-state index in [1.807, 2.05) is 19.0 Å². The number of rotatable bonds is 3. The van der Waals surface area contributed by atoms with Crippen LogP contribution in [0.15, 0.2) is 12.1 Å². The standard InChI is InChI=1S/C29H34F4N8O/c1-14-9-15(34)10-17(21(14)29(31,32)33)23-22(30)24-20-25(38-27(37-24)40-12-28(2,13-40)39(3)4)41-11-16-5-6-18(35-16)19(41)7-8-42-26(20)36-23/h9-10,16,18-19,35H,5-8,11-13,34H2,1-4H3/t16-,18+,19-/m1/s1. The van der Waals surface area contributed by atoms with Gasteiger partial charge in [0.15, 0.2) is 5.82 Å². The Balaban J connectivity index is 1.48. The number of alkyl halides is 3. The number of hydrogen-bond acceptors (Lipinski definition) is 9. The van der Waals surface area contributed by atoms with Crippen LogP contribution in [0.5, 0.6) is 5.88 Å². The maximum Gasteiger partial charge on any atom is 0.417 e. The molecule has 3 aromatic rings. The predicted molar refractivity (Wildman–Crippen MR) is 152 cm³/mol. The molecule has 0 unspecified atom stereocenters. The number of anilines is 3. The fourth-order valence-electron chi connectivity index (χ4n) is 7.09. The number of nitrogens with two attached hydrogens (primary N) is 1. The first-order valence-corrected chi connectivity index (χ1v) is 14.3. The van der Waals surface area contributed by atoms with Crippen molar-refractivity contribution in [3.63, 3.8) is 0 Å². The number of aromatic nitrogens is 3. The van der Waals surface area contributed by atoms with E-state index in [-0.39, 0.29) is 58.3 Å². The van der Waals surface area contributed by atoms with Gasteiger partial charge in [0.2, 0.25) is 11.8 Å². The number of nitrogens with zero attached hydrogens (tertiary/aromatic N) is 6. The van der Waals surface area contributed by atoms with Gasteiger partial charge >= 0.3 is 6.18 Å². The van der Waals surface area contributed by atoms with E-state index in [2.05, 4.69) is 32.0 Å². The highest BCUT2D eigenvalue weighted by Crippen LogP contribution is 2.46. The average molecular weight is 587 g/mol.